The molecule has 3 nitrogen and oxygen atoms in total. The maximum absolute atomic E-state index is 13.8. The third-order valence-electron chi connectivity index (χ3n) is 3.88. The summed E-state index contributed by atoms with van der Waals surface area (Å²) < 4.78 is 13.8. The molecule has 1 saturated carbocycles. The Morgan fingerprint density at radius 2 is 2.05 bits per heavy atom. The normalized spacial score (nSPS) is 23.1. The minimum Gasteiger partial charge on any atom is -0.352 e. The minimum atomic E-state index is -0.425. The molecule has 4 heteroatoms. The quantitative estimate of drug-likeness (QED) is 0.880. The number of aryl methyl sites for hydroxylation is 1. The molecule has 0 aromatic heterocycles. The van der Waals surface area contributed by atoms with Crippen LogP contribution in [-0.2, 0) is 0 Å². The Hall–Kier alpha value is -1.42. The molecule has 0 saturated heterocycles. The first-order chi connectivity index (χ1) is 9.08. The summed E-state index contributed by atoms with van der Waals surface area (Å²) in [6.07, 6.45) is 4.11. The third kappa shape index (κ3) is 3.53. The monoisotopic (exact) mass is 264 g/mol. The van der Waals surface area contributed by atoms with Gasteiger partial charge in [-0.15, -0.1) is 0 Å². The molecule has 1 aromatic carbocycles. The lowest BCUT2D eigenvalue weighted by atomic mass is 9.86. The molecular weight excluding hydrogens is 243 g/mol. The van der Waals surface area contributed by atoms with Gasteiger partial charge in [-0.05, 0) is 50.2 Å². The molecule has 1 amide bonds. The van der Waals surface area contributed by atoms with E-state index in [4.69, 9.17) is 5.73 Å². The van der Waals surface area contributed by atoms with Gasteiger partial charge in [0.15, 0.2) is 0 Å². The summed E-state index contributed by atoms with van der Waals surface area (Å²) in [6.45, 7) is 2.27. The molecule has 1 aliphatic carbocycles. The number of rotatable bonds is 3. The number of hydrogen-bond acceptors (Lipinski definition) is 2. The number of benzene rings is 1. The molecule has 104 valence electrons. The smallest absolute Gasteiger partial charge is 0.254 e. The molecule has 0 atom stereocenters. The van der Waals surface area contributed by atoms with E-state index in [0.717, 1.165) is 25.7 Å². The Kier molecular flexibility index (Phi) is 4.53. The molecule has 2 rings (SSSR count). The molecule has 3 N–H and O–H groups in total. The van der Waals surface area contributed by atoms with Crippen molar-refractivity contribution in [3.63, 3.8) is 0 Å². The SMILES string of the molecule is Cc1cccc(C(=O)NCC2CCC(N)CC2)c1F. The third-order valence-corrected chi connectivity index (χ3v) is 3.88. The van der Waals surface area contributed by atoms with Crippen molar-refractivity contribution in [3.8, 4) is 0 Å². The summed E-state index contributed by atoms with van der Waals surface area (Å²) in [4.78, 5) is 11.9. The highest BCUT2D eigenvalue weighted by Crippen LogP contribution is 2.22. The highest BCUT2D eigenvalue weighted by atomic mass is 19.1. The van der Waals surface area contributed by atoms with E-state index in [1.807, 2.05) is 0 Å². The second-order valence-electron chi connectivity index (χ2n) is 5.43. The van der Waals surface area contributed by atoms with Crippen molar-refractivity contribution >= 4 is 5.91 Å². The maximum atomic E-state index is 13.8. The average molecular weight is 264 g/mol. The molecular formula is C15H21FN2O. The number of carbonyl (C=O) groups is 1. The van der Waals surface area contributed by atoms with Crippen LogP contribution in [-0.4, -0.2) is 18.5 Å². The van der Waals surface area contributed by atoms with Crippen LogP contribution in [0.5, 0.6) is 0 Å². The van der Waals surface area contributed by atoms with Crippen LogP contribution in [0.25, 0.3) is 0 Å². The second kappa shape index (κ2) is 6.15. The predicted octanol–water partition coefficient (Wildman–Crippen LogP) is 2.38. The van der Waals surface area contributed by atoms with E-state index in [1.165, 1.54) is 6.07 Å². The number of hydrogen-bond donors (Lipinski definition) is 2. The van der Waals surface area contributed by atoms with Gasteiger partial charge in [-0.25, -0.2) is 4.39 Å². The van der Waals surface area contributed by atoms with Gasteiger partial charge < -0.3 is 11.1 Å². The molecule has 0 bridgehead atoms. The number of carbonyl (C=O) groups excluding carboxylic acids is 1. The van der Waals surface area contributed by atoms with E-state index in [-0.39, 0.29) is 11.5 Å². The van der Waals surface area contributed by atoms with E-state index in [9.17, 15) is 9.18 Å². The Morgan fingerprint density at radius 3 is 2.74 bits per heavy atom. The number of amides is 1. The summed E-state index contributed by atoms with van der Waals surface area (Å²) in [7, 11) is 0. The van der Waals surface area contributed by atoms with E-state index in [2.05, 4.69) is 5.32 Å². The van der Waals surface area contributed by atoms with E-state index >= 15 is 0 Å². The molecule has 0 radical (unpaired) electrons. The van der Waals surface area contributed by atoms with Crippen LogP contribution < -0.4 is 11.1 Å². The van der Waals surface area contributed by atoms with Crippen LogP contribution in [0.2, 0.25) is 0 Å². The summed E-state index contributed by atoms with van der Waals surface area (Å²) in [5.74, 6) is -0.279. The first kappa shape index (κ1) is 14.0. The molecule has 0 spiro atoms. The number of halogens is 1. The van der Waals surface area contributed by atoms with Gasteiger partial charge in [0, 0.05) is 12.6 Å². The highest BCUT2D eigenvalue weighted by molar-refractivity contribution is 5.94. The van der Waals surface area contributed by atoms with Crippen molar-refractivity contribution in [2.45, 2.75) is 38.6 Å². The van der Waals surface area contributed by atoms with Crippen LogP contribution in [0.1, 0.15) is 41.6 Å². The minimum absolute atomic E-state index is 0.132. The zero-order valence-corrected chi connectivity index (χ0v) is 11.3. The Morgan fingerprint density at radius 1 is 1.37 bits per heavy atom. The van der Waals surface area contributed by atoms with Crippen LogP contribution in [0, 0.1) is 18.7 Å². The molecule has 0 unspecified atom stereocenters. The molecule has 0 heterocycles. The van der Waals surface area contributed by atoms with Gasteiger partial charge in [0.1, 0.15) is 5.82 Å². The van der Waals surface area contributed by atoms with Gasteiger partial charge in [-0.2, -0.15) is 0 Å². The Balaban J connectivity index is 1.89. The van der Waals surface area contributed by atoms with Crippen LogP contribution in [0.3, 0.4) is 0 Å². The fraction of sp³-hybridized carbons (Fsp3) is 0.533. The Labute approximate surface area is 113 Å². The van der Waals surface area contributed by atoms with Crippen molar-refractivity contribution in [1.29, 1.82) is 0 Å². The fourth-order valence-electron chi connectivity index (χ4n) is 2.55. The van der Waals surface area contributed by atoms with Crippen LogP contribution >= 0.6 is 0 Å². The first-order valence-corrected chi connectivity index (χ1v) is 6.87. The van der Waals surface area contributed by atoms with Crippen molar-refractivity contribution in [2.75, 3.05) is 6.54 Å². The lowest BCUT2D eigenvalue weighted by Gasteiger charge is -2.26. The molecule has 1 aromatic rings. The summed E-state index contributed by atoms with van der Waals surface area (Å²) in [5, 5.41) is 2.83. The van der Waals surface area contributed by atoms with Crippen molar-refractivity contribution in [3.05, 3.63) is 35.1 Å². The van der Waals surface area contributed by atoms with Gasteiger partial charge in [0.2, 0.25) is 0 Å². The van der Waals surface area contributed by atoms with Crippen LogP contribution in [0.4, 0.5) is 4.39 Å². The largest absolute Gasteiger partial charge is 0.352 e. The van der Waals surface area contributed by atoms with Gasteiger partial charge in [0.25, 0.3) is 5.91 Å². The van der Waals surface area contributed by atoms with E-state index in [0.29, 0.717) is 24.1 Å². The zero-order valence-electron chi connectivity index (χ0n) is 11.3. The summed E-state index contributed by atoms with van der Waals surface area (Å²) in [6, 6.07) is 5.19. The molecule has 19 heavy (non-hydrogen) atoms. The maximum Gasteiger partial charge on any atom is 0.254 e. The van der Waals surface area contributed by atoms with Gasteiger partial charge in [-0.1, -0.05) is 12.1 Å². The second-order valence-corrected chi connectivity index (χ2v) is 5.43. The van der Waals surface area contributed by atoms with E-state index < -0.39 is 5.82 Å². The topological polar surface area (TPSA) is 55.1 Å². The predicted molar refractivity (Wildman–Crippen MR) is 73.4 cm³/mol. The van der Waals surface area contributed by atoms with E-state index in [1.54, 1.807) is 19.1 Å². The van der Waals surface area contributed by atoms with Crippen molar-refractivity contribution in [2.24, 2.45) is 11.7 Å². The standard InChI is InChI=1S/C15H21FN2O/c1-10-3-2-4-13(14(10)16)15(19)18-9-11-5-7-12(17)8-6-11/h2-4,11-12H,5-9,17H2,1H3,(H,18,19). The zero-order chi connectivity index (χ0) is 13.8. The highest BCUT2D eigenvalue weighted by Gasteiger charge is 2.20. The Bertz CT molecular complexity index is 453. The average Bonchev–Trinajstić information content (AvgIpc) is 2.41. The van der Waals surface area contributed by atoms with Crippen molar-refractivity contribution in [1.82, 2.24) is 5.32 Å². The molecule has 1 aliphatic rings. The van der Waals surface area contributed by atoms with Gasteiger partial charge in [0.05, 0.1) is 5.56 Å². The summed E-state index contributed by atoms with van der Waals surface area (Å²) in [5.41, 5.74) is 6.47. The summed E-state index contributed by atoms with van der Waals surface area (Å²) >= 11 is 0. The first-order valence-electron chi connectivity index (χ1n) is 6.87. The lowest BCUT2D eigenvalue weighted by molar-refractivity contribution is 0.0939. The molecule has 0 aliphatic heterocycles. The van der Waals surface area contributed by atoms with Gasteiger partial charge >= 0.3 is 0 Å². The lowest BCUT2D eigenvalue weighted by Crippen LogP contribution is -2.34. The van der Waals surface area contributed by atoms with Crippen molar-refractivity contribution < 1.29 is 9.18 Å². The molecule has 1 fully saturated rings. The fourth-order valence-corrected chi connectivity index (χ4v) is 2.55. The number of nitrogens with one attached hydrogen (secondary N) is 1. The van der Waals surface area contributed by atoms with Crippen LogP contribution in [0.15, 0.2) is 18.2 Å². The van der Waals surface area contributed by atoms with Gasteiger partial charge in [-0.3, -0.25) is 4.79 Å². The number of nitrogens with two attached hydrogens (primary N) is 1.